The molecular weight excluding hydrogens is 233 g/mol. The summed E-state index contributed by atoms with van der Waals surface area (Å²) in [4.78, 5) is 0. The predicted octanol–water partition coefficient (Wildman–Crippen LogP) is 4.06. The minimum Gasteiger partial charge on any atom is -0.457 e. The van der Waals surface area contributed by atoms with Crippen molar-refractivity contribution >= 4 is 29.2 Å². The number of aryl methyl sites for hydroxylation is 1. The van der Waals surface area contributed by atoms with Gasteiger partial charge in [-0.3, -0.25) is 0 Å². The molecule has 0 saturated carbocycles. The van der Waals surface area contributed by atoms with E-state index in [0.29, 0.717) is 0 Å². The number of benzene rings is 1. The summed E-state index contributed by atoms with van der Waals surface area (Å²) in [6.45, 7) is 11.6. The lowest BCUT2D eigenvalue weighted by atomic mass is 9.48. The van der Waals surface area contributed by atoms with E-state index in [1.807, 2.05) is 38.9 Å². The highest BCUT2D eigenvalue weighted by molar-refractivity contribution is 6.80. The maximum absolute atomic E-state index is 9.03. The average Bonchev–Trinajstić information content (AvgIpc) is 2.85. The molecule has 0 N–H and O–H groups in total. The molecule has 0 bridgehead atoms. The normalized spacial score (nSPS) is 9.42. The summed E-state index contributed by atoms with van der Waals surface area (Å²) < 4.78 is 5.82. The molecule has 0 spiro atoms. The number of rotatable bonds is 3. The summed E-state index contributed by atoms with van der Waals surface area (Å²) in [6, 6.07) is 5.97. The van der Waals surface area contributed by atoms with Crippen LogP contribution in [0.15, 0.2) is 29.2 Å². The summed E-state index contributed by atoms with van der Waals surface area (Å²) in [5.41, 5.74) is 2.95. The van der Waals surface area contributed by atoms with Gasteiger partial charge in [0, 0.05) is 16.9 Å². The van der Waals surface area contributed by atoms with Gasteiger partial charge in [0.2, 0.25) is 0 Å². The quantitative estimate of drug-likeness (QED) is 0.773. The van der Waals surface area contributed by atoms with Crippen LogP contribution in [0.2, 0.25) is 6.82 Å². The van der Waals surface area contributed by atoms with Gasteiger partial charge in [0.15, 0.2) is 0 Å². The lowest BCUT2D eigenvalue weighted by Gasteiger charge is -2.00. The van der Waals surface area contributed by atoms with E-state index in [1.165, 1.54) is 5.56 Å². The van der Waals surface area contributed by atoms with Crippen molar-refractivity contribution in [3.8, 4) is 5.97 Å². The minimum absolute atomic E-state index is 0.160. The Hall–Kier alpha value is -1.95. The summed E-state index contributed by atoms with van der Waals surface area (Å²) >= 11 is 0. The molecule has 3 heteroatoms. The molecule has 0 unspecified atom stereocenters. The molecule has 0 radical (unpaired) electrons. The van der Waals surface area contributed by atoms with E-state index in [0.717, 1.165) is 28.6 Å². The molecule has 0 saturated heterocycles. The van der Waals surface area contributed by atoms with Gasteiger partial charge in [-0.15, -0.1) is 0 Å². The topological polar surface area (TPSA) is 36.9 Å². The Morgan fingerprint density at radius 1 is 1.42 bits per heavy atom. The third kappa shape index (κ3) is 2.73. The van der Waals surface area contributed by atoms with Crippen LogP contribution in [0, 0.1) is 11.2 Å². The third-order valence-corrected chi connectivity index (χ3v) is 3.08. The molecule has 98 valence electrons. The lowest BCUT2D eigenvalue weighted by Crippen LogP contribution is -2.25. The van der Waals surface area contributed by atoms with Crippen molar-refractivity contribution in [2.45, 2.75) is 34.0 Å². The van der Waals surface area contributed by atoms with Gasteiger partial charge in [0.1, 0.15) is 11.3 Å². The first kappa shape index (κ1) is 15.1. The molecule has 0 atom stereocenters. The van der Waals surface area contributed by atoms with Crippen molar-refractivity contribution in [2.75, 3.05) is 0 Å². The van der Waals surface area contributed by atoms with Gasteiger partial charge in [-0.1, -0.05) is 52.4 Å². The zero-order valence-electron chi connectivity index (χ0n) is 12.2. The van der Waals surface area contributed by atoms with Gasteiger partial charge in [-0.2, -0.15) is 0 Å². The van der Waals surface area contributed by atoms with Gasteiger partial charge in [-0.25, -0.2) is 5.26 Å². The number of hydrogen-bond acceptors (Lipinski definition) is 2. The predicted molar refractivity (Wildman–Crippen MR) is 83.9 cm³/mol. The minimum atomic E-state index is -0.160. The average molecular weight is 253 g/mol. The summed E-state index contributed by atoms with van der Waals surface area (Å²) in [6.07, 6.45) is 2.64. The van der Waals surface area contributed by atoms with Gasteiger partial charge in [-0.05, 0) is 18.0 Å². The van der Waals surface area contributed by atoms with E-state index in [9.17, 15) is 0 Å². The molecule has 0 amide bonds. The molecule has 0 aliphatic rings. The largest absolute Gasteiger partial charge is 0.457 e. The first-order valence-electron chi connectivity index (χ1n) is 6.79. The second-order valence-corrected chi connectivity index (χ2v) is 4.08. The van der Waals surface area contributed by atoms with Crippen LogP contribution in [-0.2, 0) is 6.42 Å². The number of para-hydroxylation sites is 1. The van der Waals surface area contributed by atoms with Crippen molar-refractivity contribution in [2.24, 2.45) is 0 Å². The molecule has 2 nitrogen and oxygen atoms in total. The number of fused-ring (bicyclic) bond motifs is 1. The van der Waals surface area contributed by atoms with Crippen LogP contribution in [0.1, 0.15) is 32.1 Å². The molecule has 2 aromatic rings. The fourth-order valence-electron chi connectivity index (χ4n) is 2.15. The smallest absolute Gasteiger partial charge is 0.300 e. The van der Waals surface area contributed by atoms with E-state index >= 15 is 0 Å². The van der Waals surface area contributed by atoms with Crippen LogP contribution in [0.4, 0.5) is 0 Å². The van der Waals surface area contributed by atoms with E-state index in [-0.39, 0.29) is 6.71 Å². The maximum Gasteiger partial charge on any atom is 0.300 e. The van der Waals surface area contributed by atoms with E-state index < -0.39 is 0 Å². The molecule has 19 heavy (non-hydrogen) atoms. The van der Waals surface area contributed by atoms with Crippen molar-refractivity contribution in [1.82, 2.24) is 0 Å². The molecule has 2 rings (SSSR count). The maximum atomic E-state index is 9.03. The zero-order chi connectivity index (χ0) is 14.4. The standard InChI is InChI=1S/C14H14BNO.C2H6/c1-4-10-11-7-6-8-12(15(3)9-16)14(11)17-13(10)5-2;1-2/h5-8H,2,4H2,1,3H3;1-2H3. The van der Waals surface area contributed by atoms with E-state index in [4.69, 9.17) is 9.68 Å². The van der Waals surface area contributed by atoms with Crippen LogP contribution < -0.4 is 5.46 Å². The highest BCUT2D eigenvalue weighted by Gasteiger charge is 2.18. The monoisotopic (exact) mass is 253 g/mol. The van der Waals surface area contributed by atoms with Crippen LogP contribution in [0.25, 0.3) is 17.0 Å². The Labute approximate surface area is 115 Å². The Kier molecular flexibility index (Phi) is 5.45. The lowest BCUT2D eigenvalue weighted by molar-refractivity contribution is 0.601. The van der Waals surface area contributed by atoms with E-state index in [2.05, 4.69) is 19.5 Å². The highest BCUT2D eigenvalue weighted by Crippen LogP contribution is 2.26. The molecule has 0 fully saturated rings. The number of furan rings is 1. The van der Waals surface area contributed by atoms with Crippen LogP contribution in [-0.4, -0.2) is 6.71 Å². The van der Waals surface area contributed by atoms with Gasteiger partial charge < -0.3 is 4.42 Å². The van der Waals surface area contributed by atoms with Crippen molar-refractivity contribution < 1.29 is 4.42 Å². The van der Waals surface area contributed by atoms with Crippen LogP contribution in [0.3, 0.4) is 0 Å². The number of hydrogen-bond donors (Lipinski definition) is 0. The third-order valence-electron chi connectivity index (χ3n) is 3.08. The SMILES string of the molecule is C=Cc1oc2c(B(C)C#N)cccc2c1CC.CC. The number of nitrogens with zero attached hydrogens (tertiary/aromatic N) is 1. The highest BCUT2D eigenvalue weighted by atomic mass is 16.3. The van der Waals surface area contributed by atoms with Crippen molar-refractivity contribution in [1.29, 1.82) is 5.26 Å². The number of nitriles is 1. The molecule has 1 aromatic heterocycles. The summed E-state index contributed by atoms with van der Waals surface area (Å²) in [5.74, 6) is 3.07. The van der Waals surface area contributed by atoms with Gasteiger partial charge >= 0.3 is 6.71 Å². The second-order valence-electron chi connectivity index (χ2n) is 4.08. The fourth-order valence-corrected chi connectivity index (χ4v) is 2.15. The first-order chi connectivity index (χ1) is 9.22. The molecule has 1 aromatic carbocycles. The first-order valence-corrected chi connectivity index (χ1v) is 6.79. The summed E-state index contributed by atoms with van der Waals surface area (Å²) in [7, 11) is 0. The zero-order valence-corrected chi connectivity index (χ0v) is 12.2. The van der Waals surface area contributed by atoms with Gasteiger partial charge in [0.25, 0.3) is 0 Å². The summed E-state index contributed by atoms with van der Waals surface area (Å²) in [5, 5.41) is 10.1. The molecule has 0 aliphatic heterocycles. The van der Waals surface area contributed by atoms with Crippen molar-refractivity contribution in [3.63, 3.8) is 0 Å². The Morgan fingerprint density at radius 2 is 2.11 bits per heavy atom. The Morgan fingerprint density at radius 3 is 2.63 bits per heavy atom. The Balaban J connectivity index is 0.000000861. The van der Waals surface area contributed by atoms with Crippen LogP contribution >= 0.6 is 0 Å². The molecular formula is C16H20BNO. The second kappa shape index (κ2) is 6.85. The fraction of sp³-hybridized carbons (Fsp3) is 0.312. The van der Waals surface area contributed by atoms with Crippen molar-refractivity contribution in [3.05, 3.63) is 36.1 Å². The molecule has 0 aliphatic carbocycles. The molecule has 1 heterocycles. The van der Waals surface area contributed by atoms with Gasteiger partial charge in [0.05, 0.1) is 0 Å². The van der Waals surface area contributed by atoms with Crippen LogP contribution in [0.5, 0.6) is 0 Å². The Bertz CT molecular complexity index is 607. The van der Waals surface area contributed by atoms with E-state index in [1.54, 1.807) is 6.08 Å².